The lowest BCUT2D eigenvalue weighted by atomic mass is 10.2. The van der Waals surface area contributed by atoms with Crippen LogP contribution in [0.25, 0.3) is 5.69 Å². The molecule has 0 bridgehead atoms. The Kier molecular flexibility index (Phi) is 4.24. The zero-order valence-corrected chi connectivity index (χ0v) is 12.7. The molecule has 2 heterocycles. The van der Waals surface area contributed by atoms with Gasteiger partial charge in [-0.15, -0.1) is 0 Å². The molecule has 1 aromatic carbocycles. The standard InChI is InChI=1S/C15H14F2N4S/c1-11-4-2-3-5-12(11)20-8-7-19-15(20)22-10-13-18-6-9-21(13)14(16)17/h2-9,14H,10H2,1H3. The van der Waals surface area contributed by atoms with Crippen molar-refractivity contribution in [2.24, 2.45) is 0 Å². The van der Waals surface area contributed by atoms with E-state index in [1.54, 1.807) is 6.20 Å². The highest BCUT2D eigenvalue weighted by Gasteiger charge is 2.13. The Hall–Kier alpha value is -2.15. The first-order valence-corrected chi connectivity index (χ1v) is 7.67. The van der Waals surface area contributed by atoms with Crippen molar-refractivity contribution in [1.82, 2.24) is 19.1 Å². The Morgan fingerprint density at radius 1 is 1.14 bits per heavy atom. The van der Waals surface area contributed by atoms with Gasteiger partial charge in [-0.05, 0) is 18.6 Å². The maximum absolute atomic E-state index is 12.8. The molecule has 22 heavy (non-hydrogen) atoms. The van der Waals surface area contributed by atoms with Crippen molar-refractivity contribution in [3.05, 3.63) is 60.4 Å². The molecule has 114 valence electrons. The van der Waals surface area contributed by atoms with Crippen LogP contribution in [0.4, 0.5) is 8.78 Å². The van der Waals surface area contributed by atoms with Gasteiger partial charge >= 0.3 is 6.55 Å². The number of aromatic nitrogens is 4. The molecule has 0 fully saturated rings. The third-order valence-electron chi connectivity index (χ3n) is 3.27. The predicted octanol–water partition coefficient (Wildman–Crippen LogP) is 4.06. The van der Waals surface area contributed by atoms with Gasteiger partial charge in [0.1, 0.15) is 5.82 Å². The van der Waals surface area contributed by atoms with E-state index in [0.29, 0.717) is 11.6 Å². The quantitative estimate of drug-likeness (QED) is 0.665. The van der Waals surface area contributed by atoms with Gasteiger partial charge < -0.3 is 0 Å². The lowest BCUT2D eigenvalue weighted by Gasteiger charge is -2.10. The second kappa shape index (κ2) is 6.31. The number of thioether (sulfide) groups is 1. The van der Waals surface area contributed by atoms with Crippen molar-refractivity contribution in [2.45, 2.75) is 24.4 Å². The summed E-state index contributed by atoms with van der Waals surface area (Å²) >= 11 is 1.38. The highest BCUT2D eigenvalue weighted by atomic mass is 32.2. The molecule has 2 aromatic heterocycles. The van der Waals surface area contributed by atoms with Gasteiger partial charge in [-0.2, -0.15) is 8.78 Å². The van der Waals surface area contributed by atoms with Crippen molar-refractivity contribution in [3.8, 4) is 5.69 Å². The minimum atomic E-state index is -2.57. The lowest BCUT2D eigenvalue weighted by Crippen LogP contribution is -2.03. The van der Waals surface area contributed by atoms with Crippen LogP contribution in [0.5, 0.6) is 0 Å². The predicted molar refractivity (Wildman–Crippen MR) is 81.3 cm³/mol. The van der Waals surface area contributed by atoms with Gasteiger partial charge in [0.05, 0.1) is 11.4 Å². The van der Waals surface area contributed by atoms with E-state index in [-0.39, 0.29) is 0 Å². The third kappa shape index (κ3) is 2.89. The Balaban J connectivity index is 1.82. The van der Waals surface area contributed by atoms with Gasteiger partial charge in [0.2, 0.25) is 0 Å². The summed E-state index contributed by atoms with van der Waals surface area (Å²) in [5.41, 5.74) is 2.15. The maximum atomic E-state index is 12.8. The number of rotatable bonds is 5. The summed E-state index contributed by atoms with van der Waals surface area (Å²) in [6, 6.07) is 7.96. The second-order valence-electron chi connectivity index (χ2n) is 4.68. The van der Waals surface area contributed by atoms with E-state index >= 15 is 0 Å². The monoisotopic (exact) mass is 320 g/mol. The maximum Gasteiger partial charge on any atom is 0.319 e. The van der Waals surface area contributed by atoms with E-state index in [9.17, 15) is 8.78 Å². The molecule has 3 aromatic rings. The minimum Gasteiger partial charge on any atom is -0.295 e. The van der Waals surface area contributed by atoms with Crippen molar-refractivity contribution in [3.63, 3.8) is 0 Å². The highest BCUT2D eigenvalue weighted by molar-refractivity contribution is 7.98. The van der Waals surface area contributed by atoms with Crippen LogP contribution in [-0.2, 0) is 5.75 Å². The molecule has 0 saturated heterocycles. The van der Waals surface area contributed by atoms with Gasteiger partial charge in [0, 0.05) is 24.8 Å². The number of benzene rings is 1. The molecule has 0 saturated carbocycles. The average molecular weight is 320 g/mol. The molecule has 0 aliphatic rings. The fraction of sp³-hybridized carbons (Fsp3) is 0.200. The Morgan fingerprint density at radius 2 is 1.91 bits per heavy atom. The van der Waals surface area contributed by atoms with Crippen LogP contribution in [0.2, 0.25) is 0 Å². The van der Waals surface area contributed by atoms with Gasteiger partial charge in [0.15, 0.2) is 5.16 Å². The molecule has 4 nitrogen and oxygen atoms in total. The molecule has 7 heteroatoms. The number of imidazole rings is 2. The van der Waals surface area contributed by atoms with Crippen LogP contribution in [0.15, 0.2) is 54.2 Å². The number of aryl methyl sites for hydroxylation is 1. The molecular formula is C15H14F2N4S. The summed E-state index contributed by atoms with van der Waals surface area (Å²) in [6.45, 7) is -0.554. The Bertz CT molecular complexity index is 766. The second-order valence-corrected chi connectivity index (χ2v) is 5.63. The topological polar surface area (TPSA) is 35.6 Å². The first-order valence-electron chi connectivity index (χ1n) is 6.69. The molecule has 0 N–H and O–H groups in total. The SMILES string of the molecule is Cc1ccccc1-n1ccnc1SCc1nccn1C(F)F. The van der Waals surface area contributed by atoms with Crippen LogP contribution < -0.4 is 0 Å². The molecule has 0 atom stereocenters. The zero-order valence-electron chi connectivity index (χ0n) is 11.9. The molecule has 0 aliphatic heterocycles. The fourth-order valence-electron chi connectivity index (χ4n) is 2.18. The Labute approximate surface area is 130 Å². The van der Waals surface area contributed by atoms with E-state index in [1.165, 1.54) is 24.2 Å². The normalized spacial score (nSPS) is 11.3. The highest BCUT2D eigenvalue weighted by Crippen LogP contribution is 2.26. The van der Waals surface area contributed by atoms with E-state index in [4.69, 9.17) is 0 Å². The van der Waals surface area contributed by atoms with Crippen LogP contribution in [0.3, 0.4) is 0 Å². The summed E-state index contributed by atoms with van der Waals surface area (Å²) in [6.07, 6.45) is 6.24. The van der Waals surface area contributed by atoms with Crippen LogP contribution >= 0.6 is 11.8 Å². The Morgan fingerprint density at radius 3 is 2.68 bits per heavy atom. The summed E-state index contributed by atoms with van der Waals surface area (Å²) < 4.78 is 28.5. The summed E-state index contributed by atoms with van der Waals surface area (Å²) in [7, 11) is 0. The first kappa shape index (κ1) is 14.8. The fourth-order valence-corrected chi connectivity index (χ4v) is 3.09. The largest absolute Gasteiger partial charge is 0.319 e. The van der Waals surface area contributed by atoms with Crippen molar-refractivity contribution in [1.29, 1.82) is 0 Å². The first-order chi connectivity index (χ1) is 10.7. The summed E-state index contributed by atoms with van der Waals surface area (Å²) in [5, 5.41) is 0.748. The summed E-state index contributed by atoms with van der Waals surface area (Å²) in [5.74, 6) is 0.666. The van der Waals surface area contributed by atoms with Crippen LogP contribution in [0, 0.1) is 6.92 Å². The van der Waals surface area contributed by atoms with Gasteiger partial charge in [-0.1, -0.05) is 30.0 Å². The summed E-state index contributed by atoms with van der Waals surface area (Å²) in [4.78, 5) is 8.29. The van der Waals surface area contributed by atoms with Crippen LogP contribution in [0.1, 0.15) is 17.9 Å². The van der Waals surface area contributed by atoms with Gasteiger partial charge in [0.25, 0.3) is 0 Å². The smallest absolute Gasteiger partial charge is 0.295 e. The van der Waals surface area contributed by atoms with Gasteiger partial charge in [-0.3, -0.25) is 9.13 Å². The van der Waals surface area contributed by atoms with E-state index < -0.39 is 6.55 Å². The van der Waals surface area contributed by atoms with Crippen LogP contribution in [-0.4, -0.2) is 19.1 Å². The molecule has 0 unspecified atom stereocenters. The molecular weight excluding hydrogens is 306 g/mol. The molecule has 0 aliphatic carbocycles. The number of hydrogen-bond donors (Lipinski definition) is 0. The third-order valence-corrected chi connectivity index (χ3v) is 4.23. The number of para-hydroxylation sites is 1. The van der Waals surface area contributed by atoms with E-state index in [1.807, 2.05) is 42.0 Å². The van der Waals surface area contributed by atoms with Crippen molar-refractivity contribution < 1.29 is 8.78 Å². The number of alkyl halides is 2. The lowest BCUT2D eigenvalue weighted by molar-refractivity contribution is 0.0678. The molecule has 3 rings (SSSR count). The number of nitrogens with zero attached hydrogens (tertiary/aromatic N) is 4. The van der Waals surface area contributed by atoms with Crippen molar-refractivity contribution >= 4 is 11.8 Å². The molecule has 0 spiro atoms. The van der Waals surface area contributed by atoms with Crippen molar-refractivity contribution in [2.75, 3.05) is 0 Å². The minimum absolute atomic E-state index is 0.333. The average Bonchev–Trinajstić information content (AvgIpc) is 3.14. The van der Waals surface area contributed by atoms with E-state index in [0.717, 1.165) is 21.0 Å². The number of halogens is 2. The van der Waals surface area contributed by atoms with E-state index in [2.05, 4.69) is 9.97 Å². The van der Waals surface area contributed by atoms with Gasteiger partial charge in [-0.25, -0.2) is 9.97 Å². The number of hydrogen-bond acceptors (Lipinski definition) is 3. The molecule has 0 radical (unpaired) electrons. The molecule has 0 amide bonds. The zero-order chi connectivity index (χ0) is 15.5.